The second-order valence-electron chi connectivity index (χ2n) is 3.36. The number of thiazole rings is 1. The summed E-state index contributed by atoms with van der Waals surface area (Å²) >= 11 is 1.45. The summed E-state index contributed by atoms with van der Waals surface area (Å²) in [4.78, 5) is 15.5. The molecule has 1 N–H and O–H groups in total. The molecule has 0 spiro atoms. The third-order valence-corrected chi connectivity index (χ3v) is 2.93. The summed E-state index contributed by atoms with van der Waals surface area (Å²) in [5.41, 5.74) is 0. The van der Waals surface area contributed by atoms with E-state index in [0.29, 0.717) is 17.5 Å². The zero-order valence-electron chi connectivity index (χ0n) is 7.77. The van der Waals surface area contributed by atoms with E-state index in [-0.39, 0.29) is 5.91 Å². The lowest BCUT2D eigenvalue weighted by Crippen LogP contribution is -2.14. The van der Waals surface area contributed by atoms with Gasteiger partial charge in [-0.2, -0.15) is 0 Å². The van der Waals surface area contributed by atoms with Crippen molar-refractivity contribution in [2.45, 2.75) is 19.3 Å². The van der Waals surface area contributed by atoms with Gasteiger partial charge in [-0.15, -0.1) is 11.3 Å². The van der Waals surface area contributed by atoms with E-state index in [1.807, 2.05) is 5.38 Å². The fourth-order valence-electron chi connectivity index (χ4n) is 1.56. The molecule has 1 aromatic heterocycles. The number of amides is 1. The monoisotopic (exact) mass is 208 g/mol. The van der Waals surface area contributed by atoms with Gasteiger partial charge < -0.3 is 5.32 Å². The smallest absolute Gasteiger partial charge is 0.226 e. The van der Waals surface area contributed by atoms with Crippen molar-refractivity contribution in [2.75, 3.05) is 5.32 Å². The van der Waals surface area contributed by atoms with Crippen LogP contribution in [0, 0.1) is 5.92 Å². The first-order valence-electron chi connectivity index (χ1n) is 4.70. The largest absolute Gasteiger partial charge is 0.302 e. The molecule has 2 rings (SSSR count). The van der Waals surface area contributed by atoms with Gasteiger partial charge in [-0.05, 0) is 18.8 Å². The van der Waals surface area contributed by atoms with Crippen molar-refractivity contribution in [1.29, 1.82) is 0 Å². The molecule has 1 atom stereocenters. The van der Waals surface area contributed by atoms with Crippen molar-refractivity contribution in [2.24, 2.45) is 5.92 Å². The first kappa shape index (κ1) is 9.40. The quantitative estimate of drug-likeness (QED) is 0.775. The molecule has 0 fully saturated rings. The maximum atomic E-state index is 11.5. The second kappa shape index (κ2) is 4.37. The van der Waals surface area contributed by atoms with Gasteiger partial charge in [0.2, 0.25) is 5.91 Å². The van der Waals surface area contributed by atoms with Crippen molar-refractivity contribution in [3.63, 3.8) is 0 Å². The molecule has 0 bridgehead atoms. The average molecular weight is 208 g/mol. The van der Waals surface area contributed by atoms with Crippen LogP contribution in [-0.4, -0.2) is 10.9 Å². The van der Waals surface area contributed by atoms with Crippen LogP contribution in [-0.2, 0) is 4.79 Å². The molecule has 1 aromatic rings. The summed E-state index contributed by atoms with van der Waals surface area (Å²) in [6.07, 6.45) is 8.75. The number of nitrogens with zero attached hydrogens (tertiary/aromatic N) is 1. The van der Waals surface area contributed by atoms with Crippen LogP contribution in [0.3, 0.4) is 0 Å². The first-order chi connectivity index (χ1) is 6.84. The predicted octanol–water partition coefficient (Wildman–Crippen LogP) is 2.44. The lowest BCUT2D eigenvalue weighted by molar-refractivity contribution is -0.116. The van der Waals surface area contributed by atoms with E-state index < -0.39 is 0 Å². The summed E-state index contributed by atoms with van der Waals surface area (Å²) in [7, 11) is 0. The zero-order valence-corrected chi connectivity index (χ0v) is 8.59. The van der Waals surface area contributed by atoms with Crippen LogP contribution in [0.5, 0.6) is 0 Å². The SMILES string of the molecule is O=C(C[C@H]1C=CCC1)Nc1nccs1. The van der Waals surface area contributed by atoms with E-state index in [1.54, 1.807) is 6.20 Å². The molecule has 0 saturated carbocycles. The molecule has 1 amide bonds. The molecule has 0 unspecified atom stereocenters. The molecular weight excluding hydrogens is 196 g/mol. The summed E-state index contributed by atoms with van der Waals surface area (Å²) < 4.78 is 0. The van der Waals surface area contributed by atoms with Crippen LogP contribution in [0.2, 0.25) is 0 Å². The Morgan fingerprint density at radius 2 is 2.64 bits per heavy atom. The van der Waals surface area contributed by atoms with Crippen LogP contribution in [0.1, 0.15) is 19.3 Å². The molecule has 74 valence electrons. The van der Waals surface area contributed by atoms with Gasteiger partial charge in [0.1, 0.15) is 0 Å². The van der Waals surface area contributed by atoms with E-state index in [4.69, 9.17) is 0 Å². The molecule has 14 heavy (non-hydrogen) atoms. The lowest BCUT2D eigenvalue weighted by Gasteiger charge is -2.05. The minimum absolute atomic E-state index is 0.0662. The Labute approximate surface area is 86.9 Å². The maximum absolute atomic E-state index is 11.5. The summed E-state index contributed by atoms with van der Waals surface area (Å²) in [5, 5.41) is 5.33. The minimum atomic E-state index is 0.0662. The maximum Gasteiger partial charge on any atom is 0.226 e. The lowest BCUT2D eigenvalue weighted by atomic mass is 10.1. The minimum Gasteiger partial charge on any atom is -0.302 e. The Balaban J connectivity index is 1.81. The Bertz CT molecular complexity index is 332. The van der Waals surface area contributed by atoms with E-state index >= 15 is 0 Å². The highest BCUT2D eigenvalue weighted by molar-refractivity contribution is 7.13. The van der Waals surface area contributed by atoms with Gasteiger partial charge in [0.05, 0.1) is 0 Å². The number of anilines is 1. The number of carbonyl (C=O) groups excluding carboxylic acids is 1. The number of allylic oxidation sites excluding steroid dienone is 2. The summed E-state index contributed by atoms with van der Waals surface area (Å²) in [6, 6.07) is 0. The fourth-order valence-corrected chi connectivity index (χ4v) is 2.10. The van der Waals surface area contributed by atoms with Gasteiger partial charge in [0.25, 0.3) is 0 Å². The number of hydrogen-bond donors (Lipinski definition) is 1. The summed E-state index contributed by atoms with van der Waals surface area (Å²) in [5.74, 6) is 0.492. The molecule has 0 saturated heterocycles. The van der Waals surface area contributed by atoms with E-state index in [1.165, 1.54) is 11.3 Å². The van der Waals surface area contributed by atoms with Gasteiger partial charge >= 0.3 is 0 Å². The third-order valence-electron chi connectivity index (χ3n) is 2.24. The summed E-state index contributed by atoms with van der Waals surface area (Å²) in [6.45, 7) is 0. The van der Waals surface area contributed by atoms with E-state index in [0.717, 1.165) is 12.8 Å². The first-order valence-corrected chi connectivity index (χ1v) is 5.58. The highest BCUT2D eigenvalue weighted by Crippen LogP contribution is 2.21. The molecule has 1 heterocycles. The Hall–Kier alpha value is -1.16. The van der Waals surface area contributed by atoms with Crippen molar-refractivity contribution in [3.05, 3.63) is 23.7 Å². The average Bonchev–Trinajstić information content (AvgIpc) is 2.76. The van der Waals surface area contributed by atoms with Crippen LogP contribution in [0.15, 0.2) is 23.7 Å². The molecule has 0 radical (unpaired) electrons. The molecular formula is C10H12N2OS. The molecule has 1 aliphatic rings. The molecule has 4 heteroatoms. The fraction of sp³-hybridized carbons (Fsp3) is 0.400. The van der Waals surface area contributed by atoms with Crippen molar-refractivity contribution < 1.29 is 4.79 Å². The van der Waals surface area contributed by atoms with Gasteiger partial charge in [-0.3, -0.25) is 4.79 Å². The van der Waals surface area contributed by atoms with Crippen LogP contribution < -0.4 is 5.32 Å². The topological polar surface area (TPSA) is 42.0 Å². The number of aromatic nitrogens is 1. The molecule has 0 aliphatic heterocycles. The highest BCUT2D eigenvalue weighted by Gasteiger charge is 2.14. The molecule has 1 aliphatic carbocycles. The van der Waals surface area contributed by atoms with E-state index in [2.05, 4.69) is 22.5 Å². The van der Waals surface area contributed by atoms with Crippen molar-refractivity contribution >= 4 is 22.4 Å². The third kappa shape index (κ3) is 2.42. The predicted molar refractivity (Wildman–Crippen MR) is 57.2 cm³/mol. The van der Waals surface area contributed by atoms with Gasteiger partial charge in [-0.25, -0.2) is 4.98 Å². The second-order valence-corrected chi connectivity index (χ2v) is 4.25. The highest BCUT2D eigenvalue weighted by atomic mass is 32.1. The van der Waals surface area contributed by atoms with E-state index in [9.17, 15) is 4.79 Å². The van der Waals surface area contributed by atoms with Crippen molar-refractivity contribution in [1.82, 2.24) is 4.98 Å². The zero-order chi connectivity index (χ0) is 9.80. The molecule has 3 nitrogen and oxygen atoms in total. The van der Waals surface area contributed by atoms with Crippen LogP contribution in [0.4, 0.5) is 5.13 Å². The van der Waals surface area contributed by atoms with Crippen LogP contribution >= 0.6 is 11.3 Å². The number of carbonyl (C=O) groups is 1. The van der Waals surface area contributed by atoms with Crippen LogP contribution in [0.25, 0.3) is 0 Å². The normalized spacial score (nSPS) is 19.9. The van der Waals surface area contributed by atoms with Gasteiger partial charge in [0.15, 0.2) is 5.13 Å². The Kier molecular flexibility index (Phi) is 2.93. The Morgan fingerprint density at radius 3 is 3.29 bits per heavy atom. The number of nitrogens with one attached hydrogen (secondary N) is 1. The van der Waals surface area contributed by atoms with Crippen molar-refractivity contribution in [3.8, 4) is 0 Å². The number of hydrogen-bond acceptors (Lipinski definition) is 3. The van der Waals surface area contributed by atoms with Gasteiger partial charge in [0, 0.05) is 18.0 Å². The standard InChI is InChI=1S/C10H12N2OS/c13-9(7-8-3-1-2-4-8)12-10-11-5-6-14-10/h1,3,5-6,8H,2,4,7H2,(H,11,12,13)/t8-/m0/s1. The van der Waals surface area contributed by atoms with Gasteiger partial charge in [-0.1, -0.05) is 12.2 Å². The Morgan fingerprint density at radius 1 is 1.71 bits per heavy atom. The number of rotatable bonds is 3. The molecule has 0 aromatic carbocycles.